The van der Waals surface area contributed by atoms with Gasteiger partial charge < -0.3 is 5.11 Å². The Labute approximate surface area is 130 Å². The molecule has 1 aliphatic rings. The minimum Gasteiger partial charge on any atom is -0.389 e. The Kier molecular flexibility index (Phi) is 3.80. The molecule has 1 aromatic heterocycles. The largest absolute Gasteiger partial charge is 0.389 e. The minimum absolute atomic E-state index is 0.0410. The Morgan fingerprint density at radius 1 is 1.29 bits per heavy atom. The van der Waals surface area contributed by atoms with Gasteiger partial charge in [-0.25, -0.2) is 4.98 Å². The third-order valence-corrected chi connectivity index (χ3v) is 5.67. The van der Waals surface area contributed by atoms with Gasteiger partial charge in [0.2, 0.25) is 0 Å². The van der Waals surface area contributed by atoms with Crippen LogP contribution in [0, 0.1) is 5.41 Å². The maximum absolute atomic E-state index is 10.8. The molecule has 0 aliphatic carbocycles. The van der Waals surface area contributed by atoms with Gasteiger partial charge in [-0.2, -0.15) is 0 Å². The van der Waals surface area contributed by atoms with Gasteiger partial charge in [0.15, 0.2) is 0 Å². The van der Waals surface area contributed by atoms with E-state index >= 15 is 0 Å². The van der Waals surface area contributed by atoms with E-state index in [4.69, 9.17) is 0 Å². The normalized spacial score (nSPS) is 20.0. The summed E-state index contributed by atoms with van der Waals surface area (Å²) in [7, 11) is 0. The highest BCUT2D eigenvalue weighted by Gasteiger charge is 2.42. The van der Waals surface area contributed by atoms with Crippen molar-refractivity contribution in [2.45, 2.75) is 45.8 Å². The number of likely N-dealkylation sites (tertiary alicyclic amines) is 1. The van der Waals surface area contributed by atoms with Crippen molar-refractivity contribution in [1.29, 1.82) is 0 Å². The molecule has 2 aromatic rings. The molecule has 0 spiro atoms. The van der Waals surface area contributed by atoms with E-state index in [0.717, 1.165) is 38.0 Å². The highest BCUT2D eigenvalue weighted by atomic mass is 32.1. The molecule has 0 bridgehead atoms. The number of hydrogen-bond donors (Lipinski definition) is 1. The molecule has 0 saturated carbocycles. The van der Waals surface area contributed by atoms with E-state index in [-0.39, 0.29) is 5.41 Å². The number of nitrogens with zero attached hydrogens (tertiary/aromatic N) is 2. The molecule has 2 heterocycles. The third kappa shape index (κ3) is 2.98. The van der Waals surface area contributed by atoms with Crippen molar-refractivity contribution in [3.05, 3.63) is 29.3 Å². The fraction of sp³-hybridized carbons (Fsp3) is 0.588. The molecule has 3 nitrogen and oxygen atoms in total. The highest BCUT2D eigenvalue weighted by Crippen LogP contribution is 2.38. The summed E-state index contributed by atoms with van der Waals surface area (Å²) in [6, 6.07) is 6.53. The van der Waals surface area contributed by atoms with Crippen LogP contribution in [0.4, 0.5) is 0 Å². The van der Waals surface area contributed by atoms with Crippen molar-refractivity contribution in [3.8, 4) is 0 Å². The van der Waals surface area contributed by atoms with Gasteiger partial charge in [0.25, 0.3) is 0 Å². The van der Waals surface area contributed by atoms with Gasteiger partial charge in [-0.15, -0.1) is 11.3 Å². The second kappa shape index (κ2) is 5.34. The fourth-order valence-corrected chi connectivity index (χ4v) is 3.83. The fourth-order valence-electron chi connectivity index (χ4n) is 3.09. The first kappa shape index (κ1) is 14.9. The average molecular weight is 304 g/mol. The van der Waals surface area contributed by atoms with Gasteiger partial charge in [-0.05, 0) is 36.0 Å². The van der Waals surface area contributed by atoms with Crippen molar-refractivity contribution >= 4 is 21.6 Å². The third-order valence-electron chi connectivity index (χ3n) is 4.88. The first-order chi connectivity index (χ1) is 9.87. The van der Waals surface area contributed by atoms with Crippen molar-refractivity contribution in [1.82, 2.24) is 9.88 Å². The quantitative estimate of drug-likeness (QED) is 0.919. The molecule has 1 aliphatic heterocycles. The van der Waals surface area contributed by atoms with Gasteiger partial charge >= 0.3 is 0 Å². The van der Waals surface area contributed by atoms with Crippen LogP contribution in [0.15, 0.2) is 23.7 Å². The number of rotatable bonds is 2. The number of aliphatic hydroxyl groups is 1. The van der Waals surface area contributed by atoms with Crippen LogP contribution in [-0.4, -0.2) is 33.7 Å². The van der Waals surface area contributed by atoms with Crippen molar-refractivity contribution in [3.63, 3.8) is 0 Å². The number of benzene rings is 1. The molecule has 1 fully saturated rings. The van der Waals surface area contributed by atoms with E-state index in [1.807, 2.05) is 5.51 Å². The SMILES string of the molecule is CC(C)(C)C1(O)CCN(Cc2ccc3ncsc3c2)CC1. The standard InChI is InChI=1S/C17H24N2OS/c1-16(2,3)17(20)6-8-19(9-7-17)11-13-4-5-14-15(10-13)21-12-18-14/h4-5,10,12,20H,6-9,11H2,1-3H3. The zero-order valence-corrected chi connectivity index (χ0v) is 13.9. The van der Waals surface area contributed by atoms with Gasteiger partial charge in [-0.1, -0.05) is 26.8 Å². The van der Waals surface area contributed by atoms with Crippen molar-refractivity contribution in [2.24, 2.45) is 5.41 Å². The van der Waals surface area contributed by atoms with E-state index in [1.54, 1.807) is 11.3 Å². The maximum atomic E-state index is 10.8. The molecule has 0 atom stereocenters. The number of aromatic nitrogens is 1. The van der Waals surface area contributed by atoms with Gasteiger partial charge in [0.05, 0.1) is 21.3 Å². The van der Waals surface area contributed by atoms with Crippen molar-refractivity contribution in [2.75, 3.05) is 13.1 Å². The van der Waals surface area contributed by atoms with Crippen LogP contribution in [0.2, 0.25) is 0 Å². The van der Waals surface area contributed by atoms with Crippen LogP contribution in [0.1, 0.15) is 39.2 Å². The number of fused-ring (bicyclic) bond motifs is 1. The second-order valence-electron chi connectivity index (χ2n) is 7.21. The van der Waals surface area contributed by atoms with Crippen LogP contribution >= 0.6 is 11.3 Å². The smallest absolute Gasteiger partial charge is 0.0812 e. The van der Waals surface area contributed by atoms with Crippen molar-refractivity contribution < 1.29 is 5.11 Å². The summed E-state index contributed by atoms with van der Waals surface area (Å²) in [5, 5.41) is 10.8. The Morgan fingerprint density at radius 3 is 2.67 bits per heavy atom. The summed E-state index contributed by atoms with van der Waals surface area (Å²) in [6.45, 7) is 9.32. The number of hydrogen-bond acceptors (Lipinski definition) is 4. The Balaban J connectivity index is 1.65. The van der Waals surface area contributed by atoms with E-state index in [0.29, 0.717) is 0 Å². The molecule has 114 valence electrons. The van der Waals surface area contributed by atoms with Crippen LogP contribution in [0.3, 0.4) is 0 Å². The van der Waals surface area contributed by atoms with Crippen LogP contribution in [-0.2, 0) is 6.54 Å². The summed E-state index contributed by atoms with van der Waals surface area (Å²) in [4.78, 5) is 6.77. The lowest BCUT2D eigenvalue weighted by Crippen LogP contribution is -2.51. The zero-order chi connectivity index (χ0) is 15.1. The summed E-state index contributed by atoms with van der Waals surface area (Å²) < 4.78 is 1.26. The highest BCUT2D eigenvalue weighted by molar-refractivity contribution is 7.16. The Bertz CT molecular complexity index is 621. The predicted molar refractivity (Wildman–Crippen MR) is 88.5 cm³/mol. The lowest BCUT2D eigenvalue weighted by Gasteiger charge is -2.46. The minimum atomic E-state index is -0.523. The summed E-state index contributed by atoms with van der Waals surface area (Å²) in [5.74, 6) is 0. The predicted octanol–water partition coefficient (Wildman–Crippen LogP) is 3.67. The Morgan fingerprint density at radius 2 is 2.00 bits per heavy atom. The summed E-state index contributed by atoms with van der Waals surface area (Å²) in [6.07, 6.45) is 1.72. The maximum Gasteiger partial charge on any atom is 0.0812 e. The molecule has 0 amide bonds. The first-order valence-corrected chi connectivity index (χ1v) is 8.52. The molecule has 21 heavy (non-hydrogen) atoms. The second-order valence-corrected chi connectivity index (χ2v) is 8.10. The van der Waals surface area contributed by atoms with E-state index in [1.165, 1.54) is 10.3 Å². The molecule has 1 aromatic carbocycles. The van der Waals surface area contributed by atoms with E-state index in [9.17, 15) is 5.11 Å². The lowest BCUT2D eigenvalue weighted by molar-refractivity contribution is -0.0999. The number of piperidine rings is 1. The van der Waals surface area contributed by atoms with Crippen LogP contribution in [0.25, 0.3) is 10.2 Å². The zero-order valence-electron chi connectivity index (χ0n) is 13.1. The molecular formula is C17H24N2OS. The summed E-state index contributed by atoms with van der Waals surface area (Å²) >= 11 is 1.70. The molecule has 4 heteroatoms. The Hall–Kier alpha value is -0.970. The van der Waals surface area contributed by atoms with Crippen LogP contribution in [0.5, 0.6) is 0 Å². The topological polar surface area (TPSA) is 36.4 Å². The number of thiazole rings is 1. The van der Waals surface area contributed by atoms with E-state index < -0.39 is 5.60 Å². The molecule has 1 saturated heterocycles. The van der Waals surface area contributed by atoms with Gasteiger partial charge in [-0.3, -0.25) is 4.90 Å². The average Bonchev–Trinajstić information content (AvgIpc) is 2.88. The first-order valence-electron chi connectivity index (χ1n) is 7.64. The van der Waals surface area contributed by atoms with Crippen LogP contribution < -0.4 is 0 Å². The molecule has 3 rings (SSSR count). The molecular weight excluding hydrogens is 280 g/mol. The lowest BCUT2D eigenvalue weighted by atomic mass is 9.71. The molecule has 0 radical (unpaired) electrons. The van der Waals surface area contributed by atoms with E-state index in [2.05, 4.69) is 48.9 Å². The molecule has 0 unspecified atom stereocenters. The van der Waals surface area contributed by atoms with Gasteiger partial charge in [0, 0.05) is 19.6 Å². The molecule has 1 N–H and O–H groups in total. The van der Waals surface area contributed by atoms with Gasteiger partial charge in [0.1, 0.15) is 0 Å². The summed E-state index contributed by atoms with van der Waals surface area (Å²) in [5.41, 5.74) is 3.77. The monoisotopic (exact) mass is 304 g/mol.